The van der Waals surface area contributed by atoms with E-state index < -0.39 is 41.9 Å². The average Bonchev–Trinajstić information content (AvgIpc) is 2.77. The summed E-state index contributed by atoms with van der Waals surface area (Å²) in [6, 6.07) is -1.09. The van der Waals surface area contributed by atoms with Crippen molar-refractivity contribution in [3.63, 3.8) is 0 Å². The third kappa shape index (κ3) is 2.84. The molecule has 6 N–H and O–H groups in total. The number of ether oxygens (including phenoxy) is 1. The van der Waals surface area contributed by atoms with Gasteiger partial charge in [-0.1, -0.05) is 11.8 Å². The first kappa shape index (κ1) is 14.5. The molecule has 6 atom stereocenters. The molecule has 0 saturated carbocycles. The first-order chi connectivity index (χ1) is 8.93. The van der Waals surface area contributed by atoms with Gasteiger partial charge in [0.2, 0.25) is 0 Å². The zero-order valence-corrected chi connectivity index (χ0v) is 11.1. The molecule has 19 heavy (non-hydrogen) atoms. The zero-order valence-electron chi connectivity index (χ0n) is 10.3. The molecule has 108 valence electrons. The summed E-state index contributed by atoms with van der Waals surface area (Å²) in [5, 5.41) is 31.3. The van der Waals surface area contributed by atoms with Crippen LogP contribution in [-0.4, -0.2) is 68.8 Å². The summed E-state index contributed by atoms with van der Waals surface area (Å²) in [5.74, 6) is 0. The minimum absolute atomic E-state index is 0.0975. The van der Waals surface area contributed by atoms with Gasteiger partial charge in [-0.05, 0) is 6.92 Å². The quantitative estimate of drug-likeness (QED) is 0.429. The fourth-order valence-corrected chi connectivity index (χ4v) is 3.35. The predicted molar refractivity (Wildman–Crippen MR) is 69.2 cm³/mol. The Balaban J connectivity index is 2.08. The smallest absolute Gasteiger partial charge is 0.405 e. The van der Waals surface area contributed by atoms with Crippen molar-refractivity contribution in [1.29, 1.82) is 0 Å². The number of hydrogen-bond donors (Lipinski definition) is 5. The van der Waals surface area contributed by atoms with E-state index >= 15 is 0 Å². The fraction of sp³-hybridized carbons (Fsp3) is 0.800. The number of fused-ring (bicyclic) bond motifs is 1. The van der Waals surface area contributed by atoms with Crippen molar-refractivity contribution >= 4 is 22.9 Å². The maximum Gasteiger partial charge on any atom is 0.405 e. The molecule has 1 amide bonds. The average molecular weight is 291 g/mol. The highest BCUT2D eigenvalue weighted by atomic mass is 32.2. The van der Waals surface area contributed by atoms with Gasteiger partial charge in [-0.2, -0.15) is 0 Å². The normalized spacial score (nSPS) is 39.4. The summed E-state index contributed by atoms with van der Waals surface area (Å²) < 4.78 is 5.57. The number of amides is 1. The van der Waals surface area contributed by atoms with Gasteiger partial charge in [-0.3, -0.25) is 4.99 Å². The zero-order chi connectivity index (χ0) is 14.2. The number of carbonyl (C=O) groups is 1. The summed E-state index contributed by atoms with van der Waals surface area (Å²) in [5.41, 5.74) is 5.02. The SMILES string of the molecule is CC(NC(=O)O)C1=N[C@@H]2[C@@H](O)[C@H](O)[C@@H](CN)O[C@@H]2S1. The summed E-state index contributed by atoms with van der Waals surface area (Å²) in [4.78, 5) is 14.8. The van der Waals surface area contributed by atoms with Gasteiger partial charge >= 0.3 is 6.09 Å². The lowest BCUT2D eigenvalue weighted by Crippen LogP contribution is -2.56. The van der Waals surface area contributed by atoms with E-state index in [4.69, 9.17) is 15.6 Å². The van der Waals surface area contributed by atoms with Gasteiger partial charge in [-0.15, -0.1) is 0 Å². The van der Waals surface area contributed by atoms with Crippen LogP contribution in [0.3, 0.4) is 0 Å². The van der Waals surface area contributed by atoms with Crippen LogP contribution in [0.25, 0.3) is 0 Å². The molecular weight excluding hydrogens is 274 g/mol. The minimum Gasteiger partial charge on any atom is -0.465 e. The second-order valence-electron chi connectivity index (χ2n) is 4.51. The molecule has 2 heterocycles. The summed E-state index contributed by atoms with van der Waals surface area (Å²) >= 11 is 1.24. The number of carboxylic acid groups (broad SMARTS) is 1. The summed E-state index contributed by atoms with van der Waals surface area (Å²) in [7, 11) is 0. The molecule has 8 nitrogen and oxygen atoms in total. The Hall–Kier alpha value is -0.870. The molecule has 1 unspecified atom stereocenters. The Kier molecular flexibility index (Phi) is 4.31. The van der Waals surface area contributed by atoms with Gasteiger partial charge < -0.3 is 31.1 Å². The predicted octanol–water partition coefficient (Wildman–Crippen LogP) is -1.44. The molecule has 1 saturated heterocycles. The number of rotatable bonds is 3. The number of nitrogens with one attached hydrogen (secondary N) is 1. The van der Waals surface area contributed by atoms with Crippen molar-refractivity contribution in [1.82, 2.24) is 5.32 Å². The van der Waals surface area contributed by atoms with Crippen LogP contribution in [0.5, 0.6) is 0 Å². The third-order valence-corrected chi connectivity index (χ3v) is 4.45. The number of nitrogens with two attached hydrogens (primary N) is 1. The fourth-order valence-electron chi connectivity index (χ4n) is 2.10. The van der Waals surface area contributed by atoms with Crippen molar-refractivity contribution in [3.8, 4) is 0 Å². The van der Waals surface area contributed by atoms with Crippen LogP contribution in [0.1, 0.15) is 6.92 Å². The van der Waals surface area contributed by atoms with E-state index in [1.54, 1.807) is 6.92 Å². The van der Waals surface area contributed by atoms with Crippen LogP contribution in [0.15, 0.2) is 4.99 Å². The summed E-state index contributed by atoms with van der Waals surface area (Å²) in [6.45, 7) is 1.75. The molecule has 2 aliphatic rings. The lowest BCUT2D eigenvalue weighted by molar-refractivity contribution is -0.148. The van der Waals surface area contributed by atoms with E-state index in [1.165, 1.54) is 11.8 Å². The number of aliphatic imine (C=N–C) groups is 1. The van der Waals surface area contributed by atoms with Crippen LogP contribution in [0.2, 0.25) is 0 Å². The first-order valence-electron chi connectivity index (χ1n) is 5.89. The monoisotopic (exact) mass is 291 g/mol. The van der Waals surface area contributed by atoms with Gasteiger partial charge in [0.15, 0.2) is 0 Å². The highest BCUT2D eigenvalue weighted by Gasteiger charge is 2.48. The molecule has 2 aliphatic heterocycles. The summed E-state index contributed by atoms with van der Waals surface area (Å²) in [6.07, 6.45) is -3.93. The number of hydrogen-bond acceptors (Lipinski definition) is 7. The van der Waals surface area contributed by atoms with Crippen LogP contribution < -0.4 is 11.1 Å². The van der Waals surface area contributed by atoms with Crippen LogP contribution in [-0.2, 0) is 4.74 Å². The molecule has 9 heteroatoms. The molecule has 0 radical (unpaired) electrons. The van der Waals surface area contributed by atoms with Crippen LogP contribution in [0.4, 0.5) is 4.79 Å². The van der Waals surface area contributed by atoms with E-state index in [2.05, 4.69) is 10.3 Å². The molecule has 0 spiro atoms. The maximum atomic E-state index is 10.6. The van der Waals surface area contributed by atoms with E-state index in [-0.39, 0.29) is 6.54 Å². The van der Waals surface area contributed by atoms with Gasteiger partial charge in [0.25, 0.3) is 0 Å². The molecular formula is C10H17N3O5S. The van der Waals surface area contributed by atoms with E-state index in [0.717, 1.165) is 0 Å². The minimum atomic E-state index is -1.15. The topological polar surface area (TPSA) is 137 Å². The Bertz CT molecular complexity index is 393. The molecule has 0 bridgehead atoms. The van der Waals surface area contributed by atoms with Crippen molar-refractivity contribution in [2.24, 2.45) is 10.7 Å². The lowest BCUT2D eigenvalue weighted by Gasteiger charge is -2.37. The number of aliphatic hydroxyl groups excluding tert-OH is 2. The van der Waals surface area contributed by atoms with Crippen molar-refractivity contribution in [2.45, 2.75) is 42.8 Å². The largest absolute Gasteiger partial charge is 0.465 e. The Morgan fingerprint density at radius 1 is 1.58 bits per heavy atom. The van der Waals surface area contributed by atoms with Gasteiger partial charge in [-0.25, -0.2) is 4.79 Å². The van der Waals surface area contributed by atoms with Crippen LogP contribution >= 0.6 is 11.8 Å². The van der Waals surface area contributed by atoms with E-state index in [9.17, 15) is 15.0 Å². The van der Waals surface area contributed by atoms with E-state index in [1.807, 2.05) is 0 Å². The second kappa shape index (κ2) is 5.63. The highest BCUT2D eigenvalue weighted by Crippen LogP contribution is 2.37. The maximum absolute atomic E-state index is 10.6. The van der Waals surface area contributed by atoms with Crippen LogP contribution in [0, 0.1) is 0 Å². The highest BCUT2D eigenvalue weighted by molar-refractivity contribution is 8.14. The molecule has 0 aromatic rings. The van der Waals surface area contributed by atoms with Gasteiger partial charge in [0.1, 0.15) is 23.7 Å². The van der Waals surface area contributed by atoms with Gasteiger partial charge in [0, 0.05) is 6.54 Å². The third-order valence-electron chi connectivity index (χ3n) is 3.12. The Labute approximate surface area is 114 Å². The number of nitrogens with zero attached hydrogens (tertiary/aromatic N) is 1. The lowest BCUT2D eigenvalue weighted by atomic mass is 9.98. The molecule has 2 rings (SSSR count). The second-order valence-corrected chi connectivity index (χ2v) is 5.63. The number of aliphatic hydroxyl groups is 2. The first-order valence-corrected chi connectivity index (χ1v) is 6.77. The van der Waals surface area contributed by atoms with Gasteiger partial charge in [0.05, 0.1) is 17.2 Å². The molecule has 1 fully saturated rings. The number of thioether (sulfide) groups is 1. The van der Waals surface area contributed by atoms with Crippen molar-refractivity contribution in [3.05, 3.63) is 0 Å². The van der Waals surface area contributed by atoms with E-state index in [0.29, 0.717) is 5.04 Å². The molecule has 0 aromatic carbocycles. The molecule has 0 aromatic heterocycles. The molecule has 0 aliphatic carbocycles. The Morgan fingerprint density at radius 2 is 2.26 bits per heavy atom. The Morgan fingerprint density at radius 3 is 2.84 bits per heavy atom. The van der Waals surface area contributed by atoms with Crippen molar-refractivity contribution < 1.29 is 24.9 Å². The standard InChI is InChI=1S/C10H17N3O5S/c1-3(12-10(16)17)8-13-5-7(15)6(14)4(2-11)18-9(5)19-8/h3-7,9,12,14-15H,2,11H2,1H3,(H,16,17)/t3?,4-,5-,6-,7-,9-/m1/s1. The van der Waals surface area contributed by atoms with Crippen molar-refractivity contribution in [2.75, 3.05) is 6.54 Å².